The van der Waals surface area contributed by atoms with Crippen LogP contribution in [0.25, 0.3) is 0 Å². The van der Waals surface area contributed by atoms with Crippen molar-refractivity contribution in [2.45, 2.75) is 57.5 Å². The number of carbonyl (C=O) groups is 1. The molecule has 106 valence electrons. The summed E-state index contributed by atoms with van der Waals surface area (Å²) in [5, 5.41) is 3.25. The molecule has 1 saturated heterocycles. The van der Waals surface area contributed by atoms with Gasteiger partial charge in [-0.25, -0.2) is 8.42 Å². The van der Waals surface area contributed by atoms with Crippen LogP contribution < -0.4 is 5.32 Å². The largest absolute Gasteiger partial charge is 0.324 e. The van der Waals surface area contributed by atoms with Crippen molar-refractivity contribution < 1.29 is 13.2 Å². The van der Waals surface area contributed by atoms with Crippen molar-refractivity contribution in [3.63, 3.8) is 0 Å². The molecular formula is C12H24N2O3S. The SMILES string of the molecule is CCC1NC(CC)N(CC(C)(C)S(C)(=O)=O)C1=O. The topological polar surface area (TPSA) is 66.5 Å². The molecule has 5 nitrogen and oxygen atoms in total. The molecule has 0 aromatic rings. The third-order valence-electron chi connectivity index (χ3n) is 3.70. The lowest BCUT2D eigenvalue weighted by Gasteiger charge is -2.31. The first-order valence-corrected chi connectivity index (χ1v) is 8.29. The Morgan fingerprint density at radius 3 is 2.22 bits per heavy atom. The van der Waals surface area contributed by atoms with Crippen molar-refractivity contribution in [1.29, 1.82) is 0 Å². The van der Waals surface area contributed by atoms with E-state index >= 15 is 0 Å². The zero-order chi connectivity index (χ0) is 14.1. The van der Waals surface area contributed by atoms with Gasteiger partial charge in [-0.05, 0) is 26.7 Å². The Morgan fingerprint density at radius 1 is 1.28 bits per heavy atom. The number of nitrogens with one attached hydrogen (secondary N) is 1. The molecule has 6 heteroatoms. The van der Waals surface area contributed by atoms with Gasteiger partial charge >= 0.3 is 0 Å². The van der Waals surface area contributed by atoms with Gasteiger partial charge in [-0.3, -0.25) is 10.1 Å². The van der Waals surface area contributed by atoms with Gasteiger partial charge in [0.05, 0.1) is 17.0 Å². The highest BCUT2D eigenvalue weighted by atomic mass is 32.2. The zero-order valence-electron chi connectivity index (χ0n) is 11.9. The maximum absolute atomic E-state index is 12.2. The Morgan fingerprint density at radius 2 is 1.83 bits per heavy atom. The number of nitrogens with zero attached hydrogens (tertiary/aromatic N) is 1. The normalized spacial score (nSPS) is 25.8. The summed E-state index contributed by atoms with van der Waals surface area (Å²) in [6.45, 7) is 7.52. The summed E-state index contributed by atoms with van der Waals surface area (Å²) in [5.74, 6) is 0.0149. The van der Waals surface area contributed by atoms with Crippen molar-refractivity contribution in [3.8, 4) is 0 Å². The summed E-state index contributed by atoms with van der Waals surface area (Å²) in [5.41, 5.74) is 0. The molecule has 1 heterocycles. The number of amides is 1. The second-order valence-electron chi connectivity index (χ2n) is 5.55. The second-order valence-corrected chi connectivity index (χ2v) is 8.20. The Labute approximate surface area is 110 Å². The third kappa shape index (κ3) is 2.85. The van der Waals surface area contributed by atoms with Gasteiger partial charge in [0, 0.05) is 12.8 Å². The van der Waals surface area contributed by atoms with Crippen LogP contribution in [-0.4, -0.2) is 49.0 Å². The fourth-order valence-electron chi connectivity index (χ4n) is 2.09. The smallest absolute Gasteiger partial charge is 0.241 e. The fraction of sp³-hybridized carbons (Fsp3) is 0.917. The summed E-state index contributed by atoms with van der Waals surface area (Å²) >= 11 is 0. The quantitative estimate of drug-likeness (QED) is 0.805. The van der Waals surface area contributed by atoms with E-state index in [4.69, 9.17) is 0 Å². The number of rotatable bonds is 5. The lowest BCUT2D eigenvalue weighted by atomic mass is 10.1. The van der Waals surface area contributed by atoms with Gasteiger partial charge in [-0.1, -0.05) is 13.8 Å². The molecular weight excluding hydrogens is 252 g/mol. The average Bonchev–Trinajstić information content (AvgIpc) is 2.54. The summed E-state index contributed by atoms with van der Waals surface area (Å²) in [6.07, 6.45) is 2.68. The van der Waals surface area contributed by atoms with E-state index in [0.29, 0.717) is 0 Å². The molecule has 0 radical (unpaired) electrons. The van der Waals surface area contributed by atoms with Crippen molar-refractivity contribution in [1.82, 2.24) is 10.2 Å². The highest BCUT2D eigenvalue weighted by Gasteiger charge is 2.42. The third-order valence-corrected chi connectivity index (χ3v) is 5.84. The molecule has 2 atom stereocenters. The average molecular weight is 276 g/mol. The molecule has 1 N–H and O–H groups in total. The van der Waals surface area contributed by atoms with Crippen LogP contribution in [0.1, 0.15) is 40.5 Å². The minimum atomic E-state index is -3.19. The molecule has 1 rings (SSSR count). The van der Waals surface area contributed by atoms with Gasteiger partial charge in [0.2, 0.25) is 5.91 Å². The van der Waals surface area contributed by atoms with Gasteiger partial charge < -0.3 is 4.90 Å². The summed E-state index contributed by atoms with van der Waals surface area (Å²) in [4.78, 5) is 13.9. The van der Waals surface area contributed by atoms with Crippen LogP contribution in [0.5, 0.6) is 0 Å². The predicted molar refractivity (Wildman–Crippen MR) is 71.9 cm³/mol. The Kier molecular flexibility index (Phi) is 4.43. The molecule has 1 aliphatic rings. The molecule has 0 saturated carbocycles. The monoisotopic (exact) mass is 276 g/mol. The first-order chi connectivity index (χ1) is 8.14. The van der Waals surface area contributed by atoms with Crippen molar-refractivity contribution in [3.05, 3.63) is 0 Å². The molecule has 1 amide bonds. The lowest BCUT2D eigenvalue weighted by molar-refractivity contribution is -0.130. The van der Waals surface area contributed by atoms with Crippen LogP contribution in [0.3, 0.4) is 0 Å². The van der Waals surface area contributed by atoms with E-state index in [1.54, 1.807) is 18.7 Å². The number of sulfone groups is 1. The van der Waals surface area contributed by atoms with Crippen LogP contribution >= 0.6 is 0 Å². The van der Waals surface area contributed by atoms with Gasteiger partial charge in [0.25, 0.3) is 0 Å². The van der Waals surface area contributed by atoms with E-state index in [9.17, 15) is 13.2 Å². The lowest BCUT2D eigenvalue weighted by Crippen LogP contribution is -2.48. The standard InChI is InChI=1S/C12H24N2O3S/c1-6-9-11(15)14(10(7-2)13-9)8-12(3,4)18(5,16)17/h9-10,13H,6-8H2,1-5H3. The van der Waals surface area contributed by atoms with Gasteiger partial charge in [-0.2, -0.15) is 0 Å². The Hall–Kier alpha value is -0.620. The van der Waals surface area contributed by atoms with Crippen LogP contribution in [0.15, 0.2) is 0 Å². The number of hydrogen-bond acceptors (Lipinski definition) is 4. The Bertz CT molecular complexity index is 417. The van der Waals surface area contributed by atoms with E-state index in [1.807, 2.05) is 13.8 Å². The molecule has 2 unspecified atom stereocenters. The van der Waals surface area contributed by atoms with Crippen molar-refractivity contribution in [2.24, 2.45) is 0 Å². The van der Waals surface area contributed by atoms with Gasteiger partial charge in [0.15, 0.2) is 9.84 Å². The van der Waals surface area contributed by atoms with E-state index < -0.39 is 14.6 Å². The molecule has 1 aliphatic heterocycles. The molecule has 0 aromatic carbocycles. The second kappa shape index (κ2) is 5.17. The summed E-state index contributed by atoms with van der Waals surface area (Å²) in [6, 6.07) is -0.176. The molecule has 1 fully saturated rings. The molecule has 0 aliphatic carbocycles. The van der Waals surface area contributed by atoms with Gasteiger partial charge in [0.1, 0.15) is 0 Å². The van der Waals surface area contributed by atoms with Crippen molar-refractivity contribution in [2.75, 3.05) is 12.8 Å². The highest BCUT2D eigenvalue weighted by molar-refractivity contribution is 7.92. The summed E-state index contributed by atoms with van der Waals surface area (Å²) in [7, 11) is -3.19. The van der Waals surface area contributed by atoms with E-state index in [0.717, 1.165) is 12.8 Å². The fourth-order valence-corrected chi connectivity index (χ4v) is 2.47. The maximum Gasteiger partial charge on any atom is 0.241 e. The number of carbonyl (C=O) groups excluding carboxylic acids is 1. The van der Waals surface area contributed by atoms with Crippen LogP contribution in [0.4, 0.5) is 0 Å². The molecule has 18 heavy (non-hydrogen) atoms. The van der Waals surface area contributed by atoms with E-state index in [-0.39, 0.29) is 24.7 Å². The van der Waals surface area contributed by atoms with Crippen LogP contribution in [-0.2, 0) is 14.6 Å². The maximum atomic E-state index is 12.2. The zero-order valence-corrected chi connectivity index (χ0v) is 12.7. The molecule has 0 aromatic heterocycles. The molecule has 0 bridgehead atoms. The van der Waals surface area contributed by atoms with E-state index in [1.165, 1.54) is 6.26 Å². The van der Waals surface area contributed by atoms with Crippen LogP contribution in [0, 0.1) is 0 Å². The minimum Gasteiger partial charge on any atom is -0.324 e. The van der Waals surface area contributed by atoms with Gasteiger partial charge in [-0.15, -0.1) is 0 Å². The Balaban J connectivity index is 2.92. The first kappa shape index (κ1) is 15.4. The van der Waals surface area contributed by atoms with Crippen LogP contribution in [0.2, 0.25) is 0 Å². The summed E-state index contributed by atoms with van der Waals surface area (Å²) < 4.78 is 22.6. The first-order valence-electron chi connectivity index (χ1n) is 6.40. The predicted octanol–water partition coefficient (Wildman–Crippen LogP) is 0.756. The highest BCUT2D eigenvalue weighted by Crippen LogP contribution is 2.23. The van der Waals surface area contributed by atoms with E-state index in [2.05, 4.69) is 5.32 Å². The minimum absolute atomic E-state index is 0.0149. The number of hydrogen-bond donors (Lipinski definition) is 1. The molecule has 0 spiro atoms. The van der Waals surface area contributed by atoms with Crippen molar-refractivity contribution >= 4 is 15.7 Å².